The fourth-order valence-electron chi connectivity index (χ4n) is 7.01. The molecule has 1 N–H and O–H groups in total. The second-order valence-electron chi connectivity index (χ2n) is 12.0. The van der Waals surface area contributed by atoms with Crippen LogP contribution in [0.1, 0.15) is 83.4 Å². The molecule has 1 aromatic heterocycles. The first-order valence-corrected chi connectivity index (χ1v) is 13.6. The lowest BCUT2D eigenvalue weighted by atomic mass is 9.58. The van der Waals surface area contributed by atoms with Crippen molar-refractivity contribution in [2.45, 2.75) is 84.7 Å². The maximum atomic E-state index is 13.5. The van der Waals surface area contributed by atoms with E-state index in [1.165, 1.54) is 42.5 Å². The van der Waals surface area contributed by atoms with Crippen LogP contribution in [0.2, 0.25) is 0 Å². The molecule has 2 aromatic rings. The van der Waals surface area contributed by atoms with Crippen LogP contribution in [-0.4, -0.2) is 34.2 Å². The van der Waals surface area contributed by atoms with E-state index in [1.54, 1.807) is 12.1 Å². The van der Waals surface area contributed by atoms with Crippen LogP contribution in [0.15, 0.2) is 36.0 Å². The highest BCUT2D eigenvalue weighted by Crippen LogP contribution is 2.62. The van der Waals surface area contributed by atoms with E-state index in [4.69, 9.17) is 9.84 Å². The minimum absolute atomic E-state index is 0.0662. The van der Waals surface area contributed by atoms with Gasteiger partial charge in [-0.1, -0.05) is 45.6 Å². The zero-order chi connectivity index (χ0) is 24.6. The van der Waals surface area contributed by atoms with Gasteiger partial charge in [-0.05, 0) is 86.3 Å². The number of fused-ring (bicyclic) bond motifs is 2. The summed E-state index contributed by atoms with van der Waals surface area (Å²) in [4.78, 5) is 0. The van der Waals surface area contributed by atoms with E-state index in [0.29, 0.717) is 18.4 Å². The molecule has 3 aliphatic rings. The number of aromatic nitrogens is 2. The molecule has 0 aliphatic heterocycles. The number of ether oxygens (including phenoxy) is 1. The average Bonchev–Trinajstić information content (AvgIpc) is 3.36. The van der Waals surface area contributed by atoms with Crippen LogP contribution in [0.3, 0.4) is 0 Å². The van der Waals surface area contributed by atoms with Crippen LogP contribution in [-0.2, 0) is 11.2 Å². The van der Waals surface area contributed by atoms with Crippen LogP contribution < -0.4 is 0 Å². The fraction of sp³-hybridized carbons (Fsp3) is 0.633. The van der Waals surface area contributed by atoms with E-state index in [0.717, 1.165) is 56.5 Å². The van der Waals surface area contributed by atoms with Crippen molar-refractivity contribution in [3.8, 4) is 5.69 Å². The Morgan fingerprint density at radius 3 is 2.63 bits per heavy atom. The molecule has 35 heavy (non-hydrogen) atoms. The summed E-state index contributed by atoms with van der Waals surface area (Å²) in [5.74, 6) is 0.674. The number of benzene rings is 1. The topological polar surface area (TPSA) is 47.3 Å². The normalized spacial score (nSPS) is 27.5. The molecular weight excluding hydrogens is 439 g/mol. The van der Waals surface area contributed by atoms with Gasteiger partial charge in [0.1, 0.15) is 5.82 Å². The molecule has 1 aromatic carbocycles. The first-order valence-electron chi connectivity index (χ1n) is 13.6. The summed E-state index contributed by atoms with van der Waals surface area (Å²) in [5.41, 5.74) is 4.51. The van der Waals surface area contributed by atoms with Crippen molar-refractivity contribution in [1.29, 1.82) is 0 Å². The number of aliphatic hydroxyl groups is 1. The molecule has 0 saturated heterocycles. The van der Waals surface area contributed by atoms with E-state index in [9.17, 15) is 9.50 Å². The van der Waals surface area contributed by atoms with Gasteiger partial charge in [0.2, 0.25) is 0 Å². The molecule has 3 atom stereocenters. The van der Waals surface area contributed by atoms with Crippen LogP contribution in [0, 0.1) is 28.5 Å². The Labute approximate surface area is 209 Å². The molecular formula is C30H41FN2O2. The SMILES string of the molecule is CC(C)COCC1(CC(O)C2CCCCC2)CCC2=Cc3c(cnn3-c3ccc(F)cc3)CC21C. The first-order chi connectivity index (χ1) is 16.8. The first kappa shape index (κ1) is 24.7. The second-order valence-corrected chi connectivity index (χ2v) is 12.0. The molecule has 0 bridgehead atoms. The molecule has 3 unspecified atom stereocenters. The molecule has 0 radical (unpaired) electrons. The summed E-state index contributed by atoms with van der Waals surface area (Å²) >= 11 is 0. The molecule has 190 valence electrons. The van der Waals surface area contributed by atoms with Gasteiger partial charge in [0.15, 0.2) is 0 Å². The monoisotopic (exact) mass is 480 g/mol. The van der Waals surface area contributed by atoms with E-state index < -0.39 is 0 Å². The minimum Gasteiger partial charge on any atom is -0.393 e. The summed E-state index contributed by atoms with van der Waals surface area (Å²) < 4.78 is 21.8. The van der Waals surface area contributed by atoms with E-state index in [-0.39, 0.29) is 22.8 Å². The number of hydrogen-bond acceptors (Lipinski definition) is 3. The molecule has 2 fully saturated rings. The van der Waals surface area contributed by atoms with Crippen molar-refractivity contribution >= 4 is 6.08 Å². The summed E-state index contributed by atoms with van der Waals surface area (Å²) in [6, 6.07) is 6.55. The van der Waals surface area contributed by atoms with Gasteiger partial charge in [0, 0.05) is 17.4 Å². The Balaban J connectivity index is 1.46. The predicted molar refractivity (Wildman–Crippen MR) is 138 cm³/mol. The highest BCUT2D eigenvalue weighted by Gasteiger charge is 2.57. The standard InChI is InChI=1S/C30H41FN2O2/c1-21(2)19-35-20-30(17-28(34)22-7-5-4-6-8-22)14-13-24-15-27-23(16-29(24,30)3)18-32-33(27)26-11-9-25(31)10-12-26/h9-12,15,18,21-22,28,34H,4-8,13-14,16-17,19-20H2,1-3H3. The van der Waals surface area contributed by atoms with Crippen LogP contribution in [0.4, 0.5) is 4.39 Å². The maximum absolute atomic E-state index is 13.5. The van der Waals surface area contributed by atoms with Crippen molar-refractivity contribution in [2.24, 2.45) is 22.7 Å². The van der Waals surface area contributed by atoms with Gasteiger partial charge in [-0.25, -0.2) is 9.07 Å². The molecule has 0 spiro atoms. The van der Waals surface area contributed by atoms with Crippen LogP contribution in [0.25, 0.3) is 11.8 Å². The Kier molecular flexibility index (Phi) is 6.93. The lowest BCUT2D eigenvalue weighted by molar-refractivity contribution is -0.0623. The molecule has 0 amide bonds. The van der Waals surface area contributed by atoms with Gasteiger partial charge in [0.25, 0.3) is 0 Å². The zero-order valence-electron chi connectivity index (χ0n) is 21.6. The number of halogens is 1. The molecule has 5 rings (SSSR count). The van der Waals surface area contributed by atoms with Crippen molar-refractivity contribution in [3.05, 3.63) is 53.1 Å². The highest BCUT2D eigenvalue weighted by atomic mass is 19.1. The zero-order valence-corrected chi connectivity index (χ0v) is 21.6. The van der Waals surface area contributed by atoms with E-state index >= 15 is 0 Å². The van der Waals surface area contributed by atoms with Gasteiger partial charge in [0.05, 0.1) is 30.3 Å². The Bertz CT molecular complexity index is 1050. The van der Waals surface area contributed by atoms with Crippen LogP contribution >= 0.6 is 0 Å². The van der Waals surface area contributed by atoms with E-state index in [2.05, 4.69) is 26.8 Å². The quantitative estimate of drug-likeness (QED) is 0.455. The Morgan fingerprint density at radius 1 is 1.17 bits per heavy atom. The van der Waals surface area contributed by atoms with Gasteiger partial charge >= 0.3 is 0 Å². The van der Waals surface area contributed by atoms with Crippen molar-refractivity contribution in [3.63, 3.8) is 0 Å². The number of aliphatic hydroxyl groups excluding tert-OH is 1. The Morgan fingerprint density at radius 2 is 1.91 bits per heavy atom. The average molecular weight is 481 g/mol. The van der Waals surface area contributed by atoms with Gasteiger partial charge < -0.3 is 9.84 Å². The van der Waals surface area contributed by atoms with E-state index in [1.807, 2.05) is 10.9 Å². The van der Waals surface area contributed by atoms with Gasteiger partial charge in [-0.2, -0.15) is 5.10 Å². The summed E-state index contributed by atoms with van der Waals surface area (Å²) in [6.07, 6.45) is 13.9. The molecule has 2 saturated carbocycles. The third-order valence-corrected chi connectivity index (χ3v) is 9.19. The lowest BCUT2D eigenvalue weighted by Gasteiger charge is -2.48. The molecule has 5 heteroatoms. The second kappa shape index (κ2) is 9.82. The number of nitrogens with zero attached hydrogens (tertiary/aromatic N) is 2. The molecule has 3 aliphatic carbocycles. The third kappa shape index (κ3) is 4.62. The summed E-state index contributed by atoms with van der Waals surface area (Å²) in [7, 11) is 0. The predicted octanol–water partition coefficient (Wildman–Crippen LogP) is 6.74. The maximum Gasteiger partial charge on any atom is 0.123 e. The number of allylic oxidation sites excluding steroid dienone is 1. The smallest absolute Gasteiger partial charge is 0.123 e. The summed E-state index contributed by atoms with van der Waals surface area (Å²) in [5, 5.41) is 16.2. The molecule has 1 heterocycles. The van der Waals surface area contributed by atoms with Crippen LogP contribution in [0.5, 0.6) is 0 Å². The third-order valence-electron chi connectivity index (χ3n) is 9.19. The lowest BCUT2D eigenvalue weighted by Crippen LogP contribution is -2.46. The Hall–Kier alpha value is -1.98. The highest BCUT2D eigenvalue weighted by molar-refractivity contribution is 5.62. The summed E-state index contributed by atoms with van der Waals surface area (Å²) in [6.45, 7) is 8.24. The number of hydrogen-bond donors (Lipinski definition) is 1. The van der Waals surface area contributed by atoms with Crippen molar-refractivity contribution in [2.75, 3.05) is 13.2 Å². The molecule has 4 nitrogen and oxygen atoms in total. The van der Waals surface area contributed by atoms with Crippen molar-refractivity contribution in [1.82, 2.24) is 9.78 Å². The number of rotatable bonds is 8. The van der Waals surface area contributed by atoms with Gasteiger partial charge in [-0.15, -0.1) is 0 Å². The van der Waals surface area contributed by atoms with Gasteiger partial charge in [-0.3, -0.25) is 0 Å². The largest absolute Gasteiger partial charge is 0.393 e. The minimum atomic E-state index is -0.266. The van der Waals surface area contributed by atoms with Crippen molar-refractivity contribution < 1.29 is 14.2 Å². The fourth-order valence-corrected chi connectivity index (χ4v) is 7.01.